The molecule has 2 aromatic rings. The Bertz CT molecular complexity index is 351. The highest BCUT2D eigenvalue weighted by Gasteiger charge is 1.98. The topological polar surface area (TPSA) is 28.7 Å². The number of aromatic amines is 1. The zero-order chi connectivity index (χ0) is 8.39. The Morgan fingerprint density at radius 1 is 1.25 bits per heavy atom. The summed E-state index contributed by atoms with van der Waals surface area (Å²) in [6, 6.07) is 6.17. The summed E-state index contributed by atoms with van der Waals surface area (Å²) in [6.45, 7) is 0. The van der Waals surface area contributed by atoms with E-state index in [2.05, 4.69) is 16.3 Å². The number of H-pyrrole nitrogens is 1. The van der Waals surface area contributed by atoms with Crippen molar-refractivity contribution in [3.63, 3.8) is 0 Å². The molecule has 1 radical (unpaired) electrons. The molecule has 0 saturated carbocycles. The molecule has 2 nitrogen and oxygen atoms in total. The van der Waals surface area contributed by atoms with Crippen LogP contribution in [0, 0.1) is 12.1 Å². The van der Waals surface area contributed by atoms with Gasteiger partial charge < -0.3 is 4.98 Å². The molecule has 0 fully saturated rings. The fraction of sp³-hybridized carbons (Fsp3) is 0. The summed E-state index contributed by atoms with van der Waals surface area (Å²) in [5.41, 5.74) is 1.66. The molecule has 0 bridgehead atoms. The van der Waals surface area contributed by atoms with Crippen LogP contribution in [-0.4, -0.2) is 9.97 Å². The van der Waals surface area contributed by atoms with E-state index in [9.17, 15) is 4.39 Å². The Kier molecular flexibility index (Phi) is 1.63. The normalized spacial score (nSPS) is 10.1. The van der Waals surface area contributed by atoms with E-state index in [0.717, 1.165) is 11.3 Å². The molecule has 0 aliphatic rings. The van der Waals surface area contributed by atoms with Crippen molar-refractivity contribution < 1.29 is 4.39 Å². The molecule has 1 heterocycles. The van der Waals surface area contributed by atoms with Crippen molar-refractivity contribution in [2.75, 3.05) is 0 Å². The second kappa shape index (κ2) is 2.77. The van der Waals surface area contributed by atoms with Gasteiger partial charge in [0.2, 0.25) is 0 Å². The molecule has 0 spiro atoms. The number of benzene rings is 1. The van der Waals surface area contributed by atoms with Crippen LogP contribution in [0.15, 0.2) is 30.5 Å². The fourth-order valence-electron chi connectivity index (χ4n) is 0.994. The minimum atomic E-state index is -0.238. The molecule has 0 aliphatic heterocycles. The lowest BCUT2D eigenvalue weighted by molar-refractivity contribution is 0.628. The molecule has 3 heteroatoms. The molecule has 12 heavy (non-hydrogen) atoms. The second-order valence-electron chi connectivity index (χ2n) is 2.40. The van der Waals surface area contributed by atoms with Crippen LogP contribution in [0.3, 0.4) is 0 Å². The average Bonchev–Trinajstić information content (AvgIpc) is 2.58. The smallest absolute Gasteiger partial charge is 0.174 e. The Morgan fingerprint density at radius 2 is 2.00 bits per heavy atom. The molecular formula is C9H6FN2. The lowest BCUT2D eigenvalue weighted by Gasteiger charge is -1.93. The maximum Gasteiger partial charge on any atom is 0.174 e. The Labute approximate surface area is 69.1 Å². The lowest BCUT2D eigenvalue weighted by atomic mass is 10.2. The first-order valence-corrected chi connectivity index (χ1v) is 3.53. The van der Waals surface area contributed by atoms with E-state index in [4.69, 9.17) is 0 Å². The Balaban J connectivity index is 2.43. The van der Waals surface area contributed by atoms with Gasteiger partial charge >= 0.3 is 0 Å². The molecule has 0 unspecified atom stereocenters. The monoisotopic (exact) mass is 161 g/mol. The first-order chi connectivity index (χ1) is 5.86. The van der Waals surface area contributed by atoms with Gasteiger partial charge in [0.25, 0.3) is 0 Å². The van der Waals surface area contributed by atoms with Crippen LogP contribution in [-0.2, 0) is 0 Å². The van der Waals surface area contributed by atoms with Gasteiger partial charge in [-0.1, -0.05) is 0 Å². The van der Waals surface area contributed by atoms with E-state index >= 15 is 0 Å². The third kappa shape index (κ3) is 1.21. The standard InChI is InChI=1S/C9H6FN2/c10-8-3-1-7(2-4-8)9-5-11-6-12-9/h1-5H,(H,11,12). The van der Waals surface area contributed by atoms with E-state index in [1.807, 2.05) is 0 Å². The highest BCUT2D eigenvalue weighted by molar-refractivity contribution is 5.57. The number of aromatic nitrogens is 2. The molecule has 0 amide bonds. The number of hydrogen-bond donors (Lipinski definition) is 1. The van der Waals surface area contributed by atoms with E-state index in [1.165, 1.54) is 12.1 Å². The van der Waals surface area contributed by atoms with Crippen LogP contribution in [0.5, 0.6) is 0 Å². The van der Waals surface area contributed by atoms with Crippen molar-refractivity contribution >= 4 is 0 Å². The minimum absolute atomic E-state index is 0.238. The van der Waals surface area contributed by atoms with Crippen molar-refractivity contribution in [2.24, 2.45) is 0 Å². The van der Waals surface area contributed by atoms with Gasteiger partial charge in [0.1, 0.15) is 5.82 Å². The summed E-state index contributed by atoms with van der Waals surface area (Å²) in [6.07, 6.45) is 4.29. The summed E-state index contributed by atoms with van der Waals surface area (Å²) >= 11 is 0. The first-order valence-electron chi connectivity index (χ1n) is 3.53. The van der Waals surface area contributed by atoms with Crippen molar-refractivity contribution in [3.05, 3.63) is 42.6 Å². The van der Waals surface area contributed by atoms with Crippen LogP contribution in [0.4, 0.5) is 4.39 Å². The molecule has 1 N–H and O–H groups in total. The van der Waals surface area contributed by atoms with Gasteiger partial charge in [0, 0.05) is 11.8 Å². The molecule has 59 valence electrons. The molecule has 2 rings (SSSR count). The van der Waals surface area contributed by atoms with Crippen molar-refractivity contribution in [1.82, 2.24) is 9.97 Å². The summed E-state index contributed by atoms with van der Waals surface area (Å²) in [5, 5.41) is 0. The van der Waals surface area contributed by atoms with Crippen LogP contribution in [0.25, 0.3) is 11.3 Å². The third-order valence-electron chi connectivity index (χ3n) is 1.59. The summed E-state index contributed by atoms with van der Waals surface area (Å²) in [5.74, 6) is -0.238. The Hall–Kier alpha value is -1.64. The van der Waals surface area contributed by atoms with Gasteiger partial charge in [-0.3, -0.25) is 0 Å². The van der Waals surface area contributed by atoms with E-state index in [1.54, 1.807) is 18.3 Å². The predicted octanol–water partition coefficient (Wildman–Crippen LogP) is 2.02. The van der Waals surface area contributed by atoms with Gasteiger partial charge in [-0.15, -0.1) is 0 Å². The number of rotatable bonds is 1. The number of imidazole rings is 1. The quantitative estimate of drug-likeness (QED) is 0.681. The molecule has 0 saturated heterocycles. The third-order valence-corrected chi connectivity index (χ3v) is 1.59. The fourth-order valence-corrected chi connectivity index (χ4v) is 0.994. The number of nitrogens with zero attached hydrogens (tertiary/aromatic N) is 1. The zero-order valence-corrected chi connectivity index (χ0v) is 6.21. The summed E-state index contributed by atoms with van der Waals surface area (Å²) < 4.78 is 12.5. The highest BCUT2D eigenvalue weighted by Crippen LogP contribution is 2.15. The number of nitrogens with one attached hydrogen (secondary N) is 1. The van der Waals surface area contributed by atoms with E-state index in [0.29, 0.717) is 0 Å². The second-order valence-corrected chi connectivity index (χ2v) is 2.40. The maximum absolute atomic E-state index is 12.5. The van der Waals surface area contributed by atoms with Crippen molar-refractivity contribution in [1.29, 1.82) is 0 Å². The molecule has 0 aliphatic carbocycles. The predicted molar refractivity (Wildman–Crippen MR) is 42.8 cm³/mol. The van der Waals surface area contributed by atoms with Gasteiger partial charge in [-0.25, -0.2) is 9.37 Å². The van der Waals surface area contributed by atoms with Crippen molar-refractivity contribution in [2.45, 2.75) is 0 Å². The highest BCUT2D eigenvalue weighted by atomic mass is 19.1. The SMILES string of the molecule is Fc1ccc(-c2c[nH][c]n2)cc1. The molecule has 0 atom stereocenters. The average molecular weight is 161 g/mol. The van der Waals surface area contributed by atoms with E-state index < -0.39 is 0 Å². The van der Waals surface area contributed by atoms with Crippen LogP contribution < -0.4 is 0 Å². The molecular weight excluding hydrogens is 155 g/mol. The number of halogens is 1. The van der Waals surface area contributed by atoms with Crippen LogP contribution in [0.2, 0.25) is 0 Å². The maximum atomic E-state index is 12.5. The van der Waals surface area contributed by atoms with Gasteiger partial charge in [0.15, 0.2) is 6.33 Å². The Morgan fingerprint density at radius 3 is 2.58 bits per heavy atom. The summed E-state index contributed by atoms with van der Waals surface area (Å²) in [7, 11) is 0. The summed E-state index contributed by atoms with van der Waals surface area (Å²) in [4.78, 5) is 6.63. The first kappa shape index (κ1) is 7.03. The molecule has 1 aromatic heterocycles. The van der Waals surface area contributed by atoms with Gasteiger partial charge in [-0.05, 0) is 24.3 Å². The lowest BCUT2D eigenvalue weighted by Crippen LogP contribution is -1.77. The van der Waals surface area contributed by atoms with Gasteiger partial charge in [0.05, 0.1) is 5.69 Å². The van der Waals surface area contributed by atoms with E-state index in [-0.39, 0.29) is 5.82 Å². The van der Waals surface area contributed by atoms with Crippen LogP contribution >= 0.6 is 0 Å². The van der Waals surface area contributed by atoms with Gasteiger partial charge in [-0.2, -0.15) is 0 Å². The van der Waals surface area contributed by atoms with Crippen molar-refractivity contribution in [3.8, 4) is 11.3 Å². The largest absolute Gasteiger partial charge is 0.341 e. The zero-order valence-electron chi connectivity index (χ0n) is 6.21. The minimum Gasteiger partial charge on any atom is -0.341 e. The number of hydrogen-bond acceptors (Lipinski definition) is 1. The van der Waals surface area contributed by atoms with Crippen LogP contribution in [0.1, 0.15) is 0 Å². The molecule has 1 aromatic carbocycles.